The molecule has 10 saturated carbocycles. The van der Waals surface area contributed by atoms with Gasteiger partial charge >= 0.3 is 11.9 Å². The summed E-state index contributed by atoms with van der Waals surface area (Å²) in [5, 5.41) is 32.4. The predicted molar refractivity (Wildman–Crippen MR) is 288 cm³/mol. The Morgan fingerprint density at radius 3 is 1.59 bits per heavy atom. The van der Waals surface area contributed by atoms with Gasteiger partial charge < -0.3 is 34.0 Å². The Kier molecular flexibility index (Phi) is 12.6. The van der Waals surface area contributed by atoms with Crippen molar-refractivity contribution in [2.45, 2.75) is 267 Å². The number of aliphatic hydroxyl groups is 2. The molecule has 2 unspecified atom stereocenters. The van der Waals surface area contributed by atoms with Gasteiger partial charge in [-0.2, -0.15) is 0 Å². The van der Waals surface area contributed by atoms with Crippen molar-refractivity contribution in [1.82, 2.24) is 0 Å². The molecular formula is C63H104O9Si. The number of aliphatic hydroxyl groups excluding tert-OH is 2. The van der Waals surface area contributed by atoms with Crippen molar-refractivity contribution < 1.29 is 43.5 Å². The Morgan fingerprint density at radius 2 is 1.04 bits per heavy atom. The highest BCUT2D eigenvalue weighted by molar-refractivity contribution is 6.73. The van der Waals surface area contributed by atoms with Gasteiger partial charge in [-0.25, -0.2) is 9.59 Å². The fourth-order valence-corrected chi connectivity index (χ4v) is 27.7. The molecule has 2 heterocycles. The summed E-state index contributed by atoms with van der Waals surface area (Å²) in [7, 11) is -1.93. The highest BCUT2D eigenvalue weighted by atomic mass is 28.4. The summed E-state index contributed by atoms with van der Waals surface area (Å²) in [5.41, 5.74) is 1.98. The van der Waals surface area contributed by atoms with Gasteiger partial charge in [0.15, 0.2) is 20.5 Å². The standard InChI is InChI=1S/C36H62O4Si.C27H42O5/c1-11-38-31(37)25-21-23(5)28-29(39-25)30(40-41(12-2,13-3)14-4)34(10)27-16-15-26-32(7,8)24(6)17-18-35(26)22-36(27,35)20-19-33(28,34)9;1-14-12-15(22(30)31)32-20-19(14)24(4)10-11-27-13-26(27)9-8-18(28)23(2,3)16(26)6-7-17(27)25(24,5)21(20)29/h23-30H,11-22H2,1-10H3;14-21,28-29H,6-13H2,1-5H3,(H,30,31)/t23-,24?,25-,26+,27+,28+,29+,30+,33-,34-,35-,36+;14-,15-,16+,17+,18?,19+,20+,21+,24-,25-,26-,27+/m11/s1. The van der Waals surface area contributed by atoms with Gasteiger partial charge in [-0.15, -0.1) is 0 Å². The molecule has 0 aromatic rings. The van der Waals surface area contributed by atoms with Crippen LogP contribution in [0.5, 0.6) is 0 Å². The largest absolute Gasteiger partial charge is 0.479 e. The molecular weight excluding hydrogens is 929 g/mol. The smallest absolute Gasteiger partial charge is 0.335 e. The topological polar surface area (TPSA) is 132 Å². The Labute approximate surface area is 443 Å². The van der Waals surface area contributed by atoms with E-state index in [9.17, 15) is 24.9 Å². The molecule has 12 rings (SSSR count). The van der Waals surface area contributed by atoms with Crippen LogP contribution in [0.4, 0.5) is 0 Å². The number of hydrogen-bond acceptors (Lipinski definition) is 8. The highest BCUT2D eigenvalue weighted by Gasteiger charge is 2.87. The fraction of sp³-hybridized carbons (Fsp3) is 0.968. The number of hydrogen-bond donors (Lipinski definition) is 3. The molecule has 4 spiro atoms. The first-order chi connectivity index (χ1) is 34.1. The third kappa shape index (κ3) is 6.49. The molecule has 9 nitrogen and oxygen atoms in total. The molecule has 2 aliphatic heterocycles. The van der Waals surface area contributed by atoms with Crippen molar-refractivity contribution in [3.05, 3.63) is 0 Å². The number of ether oxygens (including phenoxy) is 3. The van der Waals surface area contributed by atoms with Gasteiger partial charge in [-0.3, -0.25) is 0 Å². The van der Waals surface area contributed by atoms with Crippen molar-refractivity contribution in [2.75, 3.05) is 6.61 Å². The van der Waals surface area contributed by atoms with E-state index in [2.05, 4.69) is 96.9 Å². The van der Waals surface area contributed by atoms with Crippen molar-refractivity contribution in [1.29, 1.82) is 0 Å². The maximum atomic E-state index is 13.1. The molecule has 12 fully saturated rings. The molecule has 10 heteroatoms. The van der Waals surface area contributed by atoms with Gasteiger partial charge in [0.25, 0.3) is 0 Å². The van der Waals surface area contributed by atoms with E-state index in [0.717, 1.165) is 68.5 Å². The molecule has 0 bridgehead atoms. The minimum Gasteiger partial charge on any atom is -0.479 e. The molecule has 0 aromatic carbocycles. The zero-order valence-electron chi connectivity index (χ0n) is 48.7. The summed E-state index contributed by atoms with van der Waals surface area (Å²) in [5.74, 6) is 3.66. The molecule has 0 aromatic heterocycles. The van der Waals surface area contributed by atoms with Gasteiger partial charge in [0, 0.05) is 10.8 Å². The van der Waals surface area contributed by atoms with Crippen LogP contribution in [0.2, 0.25) is 18.1 Å². The summed E-state index contributed by atoms with van der Waals surface area (Å²) < 4.78 is 26.5. The minimum atomic E-state index is -1.93. The molecule has 10 aliphatic carbocycles. The molecule has 0 radical (unpaired) electrons. The number of carbonyl (C=O) groups excluding carboxylic acids is 1. The molecule has 0 amide bonds. The maximum absolute atomic E-state index is 13.1. The Balaban J connectivity index is 0.000000162. The van der Waals surface area contributed by atoms with E-state index in [1.165, 1.54) is 57.8 Å². The highest BCUT2D eigenvalue weighted by Crippen LogP contribution is 2.91. The zero-order chi connectivity index (χ0) is 52.9. The third-order valence-electron chi connectivity index (χ3n) is 29.2. The average molecular weight is 1030 g/mol. The molecule has 3 N–H and O–H groups in total. The number of carboxylic acid groups (broad SMARTS) is 1. The van der Waals surface area contributed by atoms with Crippen molar-refractivity contribution in [2.24, 2.45) is 107 Å². The second-order valence-electron chi connectivity index (χ2n) is 30.9. The molecule has 73 heavy (non-hydrogen) atoms. The van der Waals surface area contributed by atoms with Crippen LogP contribution >= 0.6 is 0 Å². The van der Waals surface area contributed by atoms with E-state index in [1.54, 1.807) is 0 Å². The summed E-state index contributed by atoms with van der Waals surface area (Å²) in [6.45, 7) is 36.4. The van der Waals surface area contributed by atoms with Crippen molar-refractivity contribution in [3.8, 4) is 0 Å². The van der Waals surface area contributed by atoms with Gasteiger partial charge in [0.05, 0.1) is 37.1 Å². The SMILES string of the molecule is CCOC(=O)[C@H]1C[C@@H](C)[C@H]2[C@H](O1)[C@H](O[Si](CC)(CC)CC)[C@@]1(C)[C@@H]3CC[C@H]4C(C)(C)C(C)CC[C@@]45C[C@@]35CC[C@]21C.C[C@@H]1C[C@H](C(=O)O)O[C@H]2[C@H]1[C@@]1(C)CC[C@@]34C[C@@]35CCC(O)C(C)(C)[C@@H]5CC[C@H]4[C@]1(C)[C@H]2O. The third-order valence-corrected chi connectivity index (χ3v) is 33.8. The molecule has 414 valence electrons. The van der Waals surface area contributed by atoms with E-state index in [1.807, 2.05) is 6.92 Å². The minimum absolute atomic E-state index is 0.00919. The number of fused-ring (bicyclic) bond motifs is 8. The summed E-state index contributed by atoms with van der Waals surface area (Å²) >= 11 is 0. The quantitative estimate of drug-likeness (QED) is 0.161. The number of aliphatic carboxylic acids is 1. The van der Waals surface area contributed by atoms with Crippen molar-refractivity contribution >= 4 is 20.3 Å². The van der Waals surface area contributed by atoms with Gasteiger partial charge in [0.1, 0.15) is 0 Å². The van der Waals surface area contributed by atoms with E-state index < -0.39 is 32.6 Å². The lowest BCUT2D eigenvalue weighted by molar-refractivity contribution is -0.183. The van der Waals surface area contributed by atoms with Crippen LogP contribution in [0.1, 0.15) is 207 Å². The van der Waals surface area contributed by atoms with E-state index in [4.69, 9.17) is 18.6 Å². The number of esters is 1. The first kappa shape index (κ1) is 53.9. The maximum Gasteiger partial charge on any atom is 0.335 e. The number of rotatable bonds is 8. The summed E-state index contributed by atoms with van der Waals surface area (Å²) in [6, 6.07) is 3.47. The first-order valence-electron chi connectivity index (χ1n) is 30.9. The van der Waals surface area contributed by atoms with Crippen LogP contribution in [0, 0.1) is 107 Å². The number of carboxylic acids is 1. The van der Waals surface area contributed by atoms with Crippen LogP contribution in [0.15, 0.2) is 0 Å². The average Bonchev–Trinajstić information content (AvgIpc) is 4.20. The zero-order valence-corrected chi connectivity index (χ0v) is 49.7. The first-order valence-corrected chi connectivity index (χ1v) is 33.4. The predicted octanol–water partition coefficient (Wildman–Crippen LogP) is 13.3. The Bertz CT molecular complexity index is 2190. The van der Waals surface area contributed by atoms with E-state index in [-0.39, 0.29) is 74.7 Å². The molecule has 2 saturated heterocycles. The lowest BCUT2D eigenvalue weighted by Crippen LogP contribution is -2.60. The van der Waals surface area contributed by atoms with Crippen LogP contribution in [0.25, 0.3) is 0 Å². The summed E-state index contributed by atoms with van der Waals surface area (Å²) in [4.78, 5) is 24.9. The molecule has 12 aliphatic rings. The monoisotopic (exact) mass is 1030 g/mol. The fourth-order valence-electron chi connectivity index (χ4n) is 24.7. The number of carbonyl (C=O) groups is 2. The van der Waals surface area contributed by atoms with Crippen LogP contribution < -0.4 is 0 Å². The normalized spacial score (nSPS) is 56.1. The Morgan fingerprint density at radius 1 is 0.575 bits per heavy atom. The molecule has 24 atom stereocenters. The van der Waals surface area contributed by atoms with Crippen molar-refractivity contribution in [3.63, 3.8) is 0 Å². The lowest BCUT2D eigenvalue weighted by atomic mass is 9.41. The van der Waals surface area contributed by atoms with E-state index in [0.29, 0.717) is 64.3 Å². The van der Waals surface area contributed by atoms with E-state index >= 15 is 0 Å². The summed E-state index contributed by atoms with van der Waals surface area (Å²) in [6.07, 6.45) is 16.5. The second kappa shape index (κ2) is 17.0. The Hall–Kier alpha value is -1.04. The second-order valence-corrected chi connectivity index (χ2v) is 35.6. The van der Waals surface area contributed by atoms with Crippen LogP contribution in [-0.2, 0) is 28.2 Å². The van der Waals surface area contributed by atoms with Crippen LogP contribution in [-0.4, -0.2) is 84.9 Å². The van der Waals surface area contributed by atoms with Crippen LogP contribution in [0.3, 0.4) is 0 Å². The van der Waals surface area contributed by atoms with Gasteiger partial charge in [-0.1, -0.05) is 96.9 Å². The van der Waals surface area contributed by atoms with Gasteiger partial charge in [-0.05, 0) is 224 Å². The lowest BCUT2D eigenvalue weighted by Gasteiger charge is -2.64. The van der Waals surface area contributed by atoms with Gasteiger partial charge in [0.2, 0.25) is 0 Å².